The highest BCUT2D eigenvalue weighted by atomic mass is 19.1. The summed E-state index contributed by atoms with van der Waals surface area (Å²) in [5, 5.41) is 2.88. The Morgan fingerprint density at radius 2 is 1.81 bits per heavy atom. The van der Waals surface area contributed by atoms with Crippen molar-refractivity contribution in [2.24, 2.45) is 0 Å². The molecule has 1 atom stereocenters. The summed E-state index contributed by atoms with van der Waals surface area (Å²) < 4.78 is 13.5. The number of urea groups is 1. The van der Waals surface area contributed by atoms with E-state index in [2.05, 4.69) is 40.2 Å². The Kier molecular flexibility index (Phi) is 5.57. The molecule has 5 rings (SSSR count). The van der Waals surface area contributed by atoms with E-state index in [4.69, 9.17) is 0 Å². The van der Waals surface area contributed by atoms with Crippen LogP contribution in [0.15, 0.2) is 42.5 Å². The summed E-state index contributed by atoms with van der Waals surface area (Å²) >= 11 is 0. The first-order chi connectivity index (χ1) is 15.1. The van der Waals surface area contributed by atoms with Gasteiger partial charge >= 0.3 is 6.03 Å². The Balaban J connectivity index is 1.25. The van der Waals surface area contributed by atoms with E-state index in [9.17, 15) is 9.18 Å². The number of amides is 2. The zero-order valence-corrected chi connectivity index (χ0v) is 18.2. The number of nitrogens with zero attached hydrogens (tertiary/aromatic N) is 3. The molecule has 31 heavy (non-hydrogen) atoms. The number of piperidine rings is 1. The quantitative estimate of drug-likeness (QED) is 0.801. The van der Waals surface area contributed by atoms with Crippen LogP contribution in [0.4, 0.5) is 14.9 Å². The largest absolute Gasteiger partial charge is 0.367 e. The summed E-state index contributed by atoms with van der Waals surface area (Å²) in [7, 11) is 0. The van der Waals surface area contributed by atoms with Crippen molar-refractivity contribution in [2.75, 3.05) is 50.7 Å². The predicted molar refractivity (Wildman–Crippen MR) is 121 cm³/mol. The lowest BCUT2D eigenvalue weighted by Gasteiger charge is -2.38. The van der Waals surface area contributed by atoms with Gasteiger partial charge in [-0.25, -0.2) is 9.18 Å². The van der Waals surface area contributed by atoms with E-state index in [0.29, 0.717) is 12.0 Å². The number of carbonyl (C=O) groups is 1. The number of fused-ring (bicyclic) bond motifs is 1. The average molecular weight is 423 g/mol. The number of rotatable bonds is 5. The number of anilines is 1. The second-order valence-corrected chi connectivity index (χ2v) is 9.11. The SMILES string of the molecule is Cc1ccc2c(c1)[C@H](c1ccc(F)cc1)CN2C1CCN(CCN2CCNC2=O)CC1. The molecule has 2 aromatic rings. The van der Waals surface area contributed by atoms with Crippen molar-refractivity contribution in [3.63, 3.8) is 0 Å². The molecule has 0 saturated carbocycles. The molecule has 2 saturated heterocycles. The number of carbonyl (C=O) groups excluding carboxylic acids is 1. The van der Waals surface area contributed by atoms with Crippen LogP contribution in [0.25, 0.3) is 0 Å². The second kappa shape index (κ2) is 8.50. The molecule has 3 aliphatic rings. The third kappa shape index (κ3) is 4.13. The topological polar surface area (TPSA) is 38.8 Å². The molecule has 1 N–H and O–H groups in total. The number of halogens is 1. The lowest BCUT2D eigenvalue weighted by molar-refractivity contribution is 0.179. The summed E-state index contributed by atoms with van der Waals surface area (Å²) in [5.74, 6) is 0.115. The van der Waals surface area contributed by atoms with Crippen molar-refractivity contribution < 1.29 is 9.18 Å². The molecule has 164 valence electrons. The van der Waals surface area contributed by atoms with Crippen LogP contribution in [0.5, 0.6) is 0 Å². The van der Waals surface area contributed by atoms with Gasteiger partial charge in [0, 0.05) is 63.5 Å². The van der Waals surface area contributed by atoms with E-state index < -0.39 is 0 Å². The van der Waals surface area contributed by atoms with Gasteiger partial charge in [-0.3, -0.25) is 0 Å². The fraction of sp³-hybridized carbons (Fsp3) is 0.480. The first-order valence-corrected chi connectivity index (χ1v) is 11.5. The zero-order valence-electron chi connectivity index (χ0n) is 18.2. The molecule has 0 radical (unpaired) electrons. The van der Waals surface area contributed by atoms with Gasteiger partial charge < -0.3 is 20.0 Å². The smallest absolute Gasteiger partial charge is 0.317 e. The molecular formula is C25H31FN4O. The van der Waals surface area contributed by atoms with E-state index in [1.165, 1.54) is 22.4 Å². The first-order valence-electron chi connectivity index (χ1n) is 11.5. The predicted octanol–water partition coefficient (Wildman–Crippen LogP) is 3.58. The Hall–Kier alpha value is -2.60. The number of hydrogen-bond donors (Lipinski definition) is 1. The molecular weight excluding hydrogens is 391 g/mol. The summed E-state index contributed by atoms with van der Waals surface area (Å²) in [6.45, 7) is 8.60. The van der Waals surface area contributed by atoms with Gasteiger partial charge in [-0.15, -0.1) is 0 Å². The standard InChI is InChI=1S/C25H31FN4O/c1-18-2-7-24-22(16-18)23(19-3-5-20(26)6-4-19)17-30(24)21-8-11-28(12-9-21)14-15-29-13-10-27-25(29)31/h2-7,16,21,23H,8-15,17H2,1H3,(H,27,31)/t23-/m0/s1. The second-order valence-electron chi connectivity index (χ2n) is 9.11. The highest BCUT2D eigenvalue weighted by Gasteiger charge is 2.35. The van der Waals surface area contributed by atoms with Crippen LogP contribution in [-0.4, -0.2) is 67.7 Å². The number of hydrogen-bond acceptors (Lipinski definition) is 3. The number of nitrogens with one attached hydrogen (secondary N) is 1. The van der Waals surface area contributed by atoms with E-state index in [0.717, 1.165) is 58.7 Å². The first kappa shape index (κ1) is 20.3. The summed E-state index contributed by atoms with van der Waals surface area (Å²) in [5.41, 5.74) is 5.17. The number of likely N-dealkylation sites (tertiary alicyclic amines) is 1. The molecule has 0 aliphatic carbocycles. The van der Waals surface area contributed by atoms with Crippen LogP contribution >= 0.6 is 0 Å². The Morgan fingerprint density at radius 3 is 2.52 bits per heavy atom. The molecule has 0 unspecified atom stereocenters. The summed E-state index contributed by atoms with van der Waals surface area (Å²) in [6.07, 6.45) is 2.27. The van der Waals surface area contributed by atoms with Crippen LogP contribution in [0.3, 0.4) is 0 Å². The molecule has 3 heterocycles. The molecule has 0 bridgehead atoms. The molecule has 2 aromatic carbocycles. The molecule has 5 nitrogen and oxygen atoms in total. The third-order valence-electron chi connectivity index (χ3n) is 7.15. The molecule has 0 spiro atoms. The van der Waals surface area contributed by atoms with Gasteiger partial charge in [0.05, 0.1) is 0 Å². The molecule has 0 aromatic heterocycles. The summed E-state index contributed by atoms with van der Waals surface area (Å²) in [4.78, 5) is 18.7. The van der Waals surface area contributed by atoms with Crippen LogP contribution < -0.4 is 10.2 Å². The van der Waals surface area contributed by atoms with Gasteiger partial charge in [-0.2, -0.15) is 0 Å². The maximum atomic E-state index is 13.5. The van der Waals surface area contributed by atoms with Crippen molar-refractivity contribution in [1.29, 1.82) is 0 Å². The third-order valence-corrected chi connectivity index (χ3v) is 7.15. The van der Waals surface area contributed by atoms with E-state index in [1.54, 1.807) is 12.1 Å². The van der Waals surface area contributed by atoms with E-state index >= 15 is 0 Å². The number of benzene rings is 2. The fourth-order valence-electron chi connectivity index (χ4n) is 5.38. The van der Waals surface area contributed by atoms with E-state index in [-0.39, 0.29) is 11.8 Å². The maximum Gasteiger partial charge on any atom is 0.317 e. The zero-order chi connectivity index (χ0) is 21.4. The van der Waals surface area contributed by atoms with Crippen LogP contribution in [0.2, 0.25) is 0 Å². The van der Waals surface area contributed by atoms with Gasteiger partial charge in [0.25, 0.3) is 0 Å². The normalized spacial score (nSPS) is 22.1. The lowest BCUT2D eigenvalue weighted by atomic mass is 9.92. The van der Waals surface area contributed by atoms with Gasteiger partial charge in [-0.1, -0.05) is 29.8 Å². The van der Waals surface area contributed by atoms with Gasteiger partial charge in [-0.05, 0) is 49.1 Å². The average Bonchev–Trinajstić information content (AvgIpc) is 3.36. The summed E-state index contributed by atoms with van der Waals surface area (Å²) in [6, 6.07) is 14.4. The Morgan fingerprint density at radius 1 is 1.03 bits per heavy atom. The van der Waals surface area contributed by atoms with Crippen LogP contribution in [0.1, 0.15) is 35.4 Å². The molecule has 3 aliphatic heterocycles. The van der Waals surface area contributed by atoms with Crippen molar-refractivity contribution >= 4 is 11.7 Å². The van der Waals surface area contributed by atoms with Crippen molar-refractivity contribution in [1.82, 2.24) is 15.1 Å². The van der Waals surface area contributed by atoms with Crippen LogP contribution in [0, 0.1) is 12.7 Å². The van der Waals surface area contributed by atoms with Gasteiger partial charge in [0.15, 0.2) is 0 Å². The minimum atomic E-state index is -0.179. The highest BCUT2D eigenvalue weighted by Crippen LogP contribution is 2.43. The van der Waals surface area contributed by atoms with Crippen molar-refractivity contribution in [2.45, 2.75) is 31.7 Å². The van der Waals surface area contributed by atoms with E-state index in [1.807, 2.05) is 17.0 Å². The number of aryl methyl sites for hydroxylation is 1. The highest BCUT2D eigenvalue weighted by molar-refractivity contribution is 5.76. The lowest BCUT2D eigenvalue weighted by Crippen LogP contribution is -2.46. The Labute approximate surface area is 183 Å². The van der Waals surface area contributed by atoms with Crippen LogP contribution in [-0.2, 0) is 0 Å². The molecule has 6 heteroatoms. The van der Waals surface area contributed by atoms with Crippen molar-refractivity contribution in [3.8, 4) is 0 Å². The molecule has 2 amide bonds. The van der Waals surface area contributed by atoms with Gasteiger partial charge in [0.2, 0.25) is 0 Å². The Bertz CT molecular complexity index is 939. The van der Waals surface area contributed by atoms with Gasteiger partial charge in [0.1, 0.15) is 5.82 Å². The molecule has 2 fully saturated rings. The monoisotopic (exact) mass is 422 g/mol. The van der Waals surface area contributed by atoms with Crippen molar-refractivity contribution in [3.05, 3.63) is 65.0 Å². The maximum absolute atomic E-state index is 13.5. The fourth-order valence-corrected chi connectivity index (χ4v) is 5.38. The minimum Gasteiger partial charge on any atom is -0.367 e. The minimum absolute atomic E-state index is 0.0747.